The fourth-order valence-electron chi connectivity index (χ4n) is 3.42. The maximum atomic E-state index is 4.42. The van der Waals surface area contributed by atoms with Gasteiger partial charge in [0, 0.05) is 0 Å². The van der Waals surface area contributed by atoms with Crippen molar-refractivity contribution in [2.45, 2.75) is 60.3 Å². The standard InChI is InChI=1S/C26H34/c1-7-19(4)10-11-23-14-17-26(20(5)18-23)21(6)25(9-3)24-15-12-22(8-2)13-16-24/h9,12-19H,6-8,10-11H2,1-5H3. The van der Waals surface area contributed by atoms with Crippen molar-refractivity contribution in [1.82, 2.24) is 0 Å². The van der Waals surface area contributed by atoms with Gasteiger partial charge in [-0.1, -0.05) is 82.3 Å². The zero-order valence-electron chi connectivity index (χ0n) is 17.2. The molecule has 0 bridgehead atoms. The molecular formula is C26H34. The highest BCUT2D eigenvalue weighted by molar-refractivity contribution is 6.04. The van der Waals surface area contributed by atoms with Gasteiger partial charge >= 0.3 is 0 Å². The molecule has 0 heteroatoms. The summed E-state index contributed by atoms with van der Waals surface area (Å²) in [6.45, 7) is 15.5. The molecule has 1 unspecified atom stereocenters. The third-order valence-corrected chi connectivity index (χ3v) is 5.53. The highest BCUT2D eigenvalue weighted by Gasteiger charge is 2.11. The van der Waals surface area contributed by atoms with Gasteiger partial charge in [0.25, 0.3) is 0 Å². The van der Waals surface area contributed by atoms with Crippen molar-refractivity contribution in [3.63, 3.8) is 0 Å². The summed E-state index contributed by atoms with van der Waals surface area (Å²) in [5, 5.41) is 0. The first-order valence-electron chi connectivity index (χ1n) is 10.0. The van der Waals surface area contributed by atoms with Crippen LogP contribution >= 0.6 is 0 Å². The third-order valence-electron chi connectivity index (χ3n) is 5.53. The van der Waals surface area contributed by atoms with E-state index in [2.05, 4.69) is 89.7 Å². The molecule has 26 heavy (non-hydrogen) atoms. The molecule has 0 spiro atoms. The lowest BCUT2D eigenvalue weighted by Gasteiger charge is -2.16. The number of benzene rings is 2. The van der Waals surface area contributed by atoms with Crippen LogP contribution in [0.5, 0.6) is 0 Å². The molecule has 0 radical (unpaired) electrons. The topological polar surface area (TPSA) is 0 Å². The molecule has 0 aliphatic heterocycles. The summed E-state index contributed by atoms with van der Waals surface area (Å²) in [5.41, 5.74) is 8.97. The van der Waals surface area contributed by atoms with Crippen molar-refractivity contribution in [3.8, 4) is 0 Å². The predicted octanol–water partition coefficient (Wildman–Crippen LogP) is 7.65. The molecule has 0 heterocycles. The maximum absolute atomic E-state index is 4.42. The average Bonchev–Trinajstić information content (AvgIpc) is 2.67. The molecule has 0 N–H and O–H groups in total. The molecule has 0 saturated heterocycles. The van der Waals surface area contributed by atoms with Crippen molar-refractivity contribution in [2.24, 2.45) is 5.92 Å². The van der Waals surface area contributed by atoms with Crippen molar-refractivity contribution in [3.05, 3.63) is 82.9 Å². The first-order chi connectivity index (χ1) is 12.5. The molecule has 0 fully saturated rings. The van der Waals surface area contributed by atoms with E-state index in [0.29, 0.717) is 0 Å². The van der Waals surface area contributed by atoms with Crippen LogP contribution in [0.25, 0.3) is 11.1 Å². The van der Waals surface area contributed by atoms with Crippen LogP contribution in [-0.4, -0.2) is 0 Å². The fraction of sp³-hybridized carbons (Fsp3) is 0.385. The Morgan fingerprint density at radius 1 is 1.04 bits per heavy atom. The third kappa shape index (κ3) is 4.97. The molecule has 2 rings (SSSR count). The molecule has 1 atom stereocenters. The van der Waals surface area contributed by atoms with Gasteiger partial charge < -0.3 is 0 Å². The Labute approximate surface area is 160 Å². The molecular weight excluding hydrogens is 312 g/mol. The zero-order valence-corrected chi connectivity index (χ0v) is 17.2. The fourth-order valence-corrected chi connectivity index (χ4v) is 3.42. The van der Waals surface area contributed by atoms with Crippen LogP contribution in [0.4, 0.5) is 0 Å². The second-order valence-corrected chi connectivity index (χ2v) is 7.43. The molecule has 0 aliphatic rings. The molecule has 2 aromatic rings. The van der Waals surface area contributed by atoms with Crippen molar-refractivity contribution < 1.29 is 0 Å². The Kier molecular flexibility index (Phi) is 7.45. The van der Waals surface area contributed by atoms with Crippen molar-refractivity contribution in [2.75, 3.05) is 0 Å². The average molecular weight is 347 g/mol. The van der Waals surface area contributed by atoms with E-state index in [4.69, 9.17) is 0 Å². The van der Waals surface area contributed by atoms with Crippen LogP contribution in [0.1, 0.15) is 68.4 Å². The van der Waals surface area contributed by atoms with Gasteiger partial charge in [0.2, 0.25) is 0 Å². The molecule has 0 amide bonds. The Hall–Kier alpha value is -2.08. The quantitative estimate of drug-likeness (QED) is 0.430. The second kappa shape index (κ2) is 9.57. The lowest BCUT2D eigenvalue weighted by Crippen LogP contribution is -1.98. The molecule has 2 aromatic carbocycles. The Bertz CT molecular complexity index is 759. The summed E-state index contributed by atoms with van der Waals surface area (Å²) in [4.78, 5) is 0. The Morgan fingerprint density at radius 3 is 2.23 bits per heavy atom. The van der Waals surface area contributed by atoms with E-state index < -0.39 is 0 Å². The minimum atomic E-state index is 0.797. The first kappa shape index (κ1) is 20.2. The zero-order chi connectivity index (χ0) is 19.1. The normalized spacial score (nSPS) is 12.9. The van der Waals surface area contributed by atoms with Gasteiger partial charge in [0.1, 0.15) is 0 Å². The minimum Gasteiger partial charge on any atom is -0.0905 e. The van der Waals surface area contributed by atoms with Crippen molar-refractivity contribution in [1.29, 1.82) is 0 Å². The summed E-state index contributed by atoms with van der Waals surface area (Å²) in [6.07, 6.45) is 6.94. The van der Waals surface area contributed by atoms with Crippen LogP contribution in [0.2, 0.25) is 0 Å². The number of hydrogen-bond donors (Lipinski definition) is 0. The summed E-state index contributed by atoms with van der Waals surface area (Å²) in [7, 11) is 0. The monoisotopic (exact) mass is 346 g/mol. The van der Waals surface area contributed by atoms with Gasteiger partial charge in [0.15, 0.2) is 0 Å². The van der Waals surface area contributed by atoms with E-state index >= 15 is 0 Å². The minimum absolute atomic E-state index is 0.797. The van der Waals surface area contributed by atoms with E-state index in [-0.39, 0.29) is 0 Å². The smallest absolute Gasteiger partial charge is 0.0154 e. The van der Waals surface area contributed by atoms with Gasteiger partial charge in [-0.3, -0.25) is 0 Å². The van der Waals surface area contributed by atoms with Gasteiger partial charge in [-0.15, -0.1) is 0 Å². The van der Waals surface area contributed by atoms with E-state index in [0.717, 1.165) is 24.3 Å². The largest absolute Gasteiger partial charge is 0.0905 e. The van der Waals surface area contributed by atoms with Gasteiger partial charge in [-0.05, 0) is 78.0 Å². The lowest BCUT2D eigenvalue weighted by atomic mass is 9.89. The summed E-state index contributed by atoms with van der Waals surface area (Å²) < 4.78 is 0. The van der Waals surface area contributed by atoms with Gasteiger partial charge in [-0.2, -0.15) is 0 Å². The molecule has 138 valence electrons. The maximum Gasteiger partial charge on any atom is -0.0154 e. The summed E-state index contributed by atoms with van der Waals surface area (Å²) >= 11 is 0. The lowest BCUT2D eigenvalue weighted by molar-refractivity contribution is 0.516. The summed E-state index contributed by atoms with van der Waals surface area (Å²) in [6, 6.07) is 15.8. The number of aryl methyl sites for hydroxylation is 3. The highest BCUT2D eigenvalue weighted by Crippen LogP contribution is 2.32. The van der Waals surface area contributed by atoms with E-state index in [9.17, 15) is 0 Å². The molecule has 0 saturated carbocycles. The van der Waals surface area contributed by atoms with Crippen LogP contribution in [0.3, 0.4) is 0 Å². The number of rotatable bonds is 8. The van der Waals surface area contributed by atoms with Crippen LogP contribution in [0.15, 0.2) is 55.1 Å². The summed E-state index contributed by atoms with van der Waals surface area (Å²) in [5.74, 6) is 0.797. The van der Waals surface area contributed by atoms with Gasteiger partial charge in [-0.25, -0.2) is 0 Å². The van der Waals surface area contributed by atoms with Crippen LogP contribution < -0.4 is 0 Å². The first-order valence-corrected chi connectivity index (χ1v) is 10.0. The van der Waals surface area contributed by atoms with Gasteiger partial charge in [0.05, 0.1) is 0 Å². The Balaban J connectivity index is 2.21. The van der Waals surface area contributed by atoms with Crippen LogP contribution in [0, 0.1) is 12.8 Å². The van der Waals surface area contributed by atoms with E-state index in [1.807, 2.05) is 0 Å². The van der Waals surface area contributed by atoms with E-state index in [1.165, 1.54) is 46.2 Å². The molecule has 0 nitrogen and oxygen atoms in total. The Morgan fingerprint density at radius 2 is 1.69 bits per heavy atom. The number of allylic oxidation sites excluding steroid dienone is 3. The molecule has 0 aliphatic carbocycles. The second-order valence-electron chi connectivity index (χ2n) is 7.43. The van der Waals surface area contributed by atoms with Crippen molar-refractivity contribution >= 4 is 11.1 Å². The predicted molar refractivity (Wildman–Crippen MR) is 117 cm³/mol. The van der Waals surface area contributed by atoms with E-state index in [1.54, 1.807) is 0 Å². The SMILES string of the molecule is C=C(C(=CC)c1ccc(CC)cc1)c1ccc(CCC(C)CC)cc1C. The molecule has 0 aromatic heterocycles. The van der Waals surface area contributed by atoms with Crippen LogP contribution in [-0.2, 0) is 12.8 Å². The number of hydrogen-bond acceptors (Lipinski definition) is 0. The highest BCUT2D eigenvalue weighted by atomic mass is 14.2.